The van der Waals surface area contributed by atoms with Crippen molar-refractivity contribution < 1.29 is 0 Å². The first-order valence-corrected chi connectivity index (χ1v) is 48.5. The van der Waals surface area contributed by atoms with Crippen LogP contribution >= 0.6 is 0 Å². The molecule has 0 fully saturated rings. The molecule has 31 aromatic rings. The van der Waals surface area contributed by atoms with E-state index in [0.29, 0.717) is 109 Å². The molecule has 0 saturated heterocycles. The number of benzene rings is 20. The predicted molar refractivity (Wildman–Crippen MR) is 596 cm³/mol. The highest BCUT2D eigenvalue weighted by Crippen LogP contribution is 2.47. The van der Waals surface area contributed by atoms with Crippen molar-refractivity contribution in [3.05, 3.63) is 523 Å². The molecule has 15 nitrogen and oxygen atoms in total. The molecule has 1 aliphatic rings. The number of hydrogen-bond acceptors (Lipinski definition) is 8. The van der Waals surface area contributed by atoms with Crippen molar-refractivity contribution in [3.8, 4) is 39.3 Å². The molecule has 0 bridgehead atoms. The molecule has 0 atom stereocenters. The van der Waals surface area contributed by atoms with Gasteiger partial charge in [-0.25, -0.2) is 0 Å². The van der Waals surface area contributed by atoms with Crippen molar-refractivity contribution in [1.29, 1.82) is 0 Å². The molecule has 20 aromatic carbocycles. The molecule has 0 amide bonds. The van der Waals surface area contributed by atoms with Crippen LogP contribution < -0.4 is 43.4 Å². The minimum Gasteiger partial charge on any atom is -0.309 e. The van der Waals surface area contributed by atoms with Gasteiger partial charge in [0.1, 0.15) is 0 Å². The lowest BCUT2D eigenvalue weighted by molar-refractivity contribution is 1.17. The summed E-state index contributed by atoms with van der Waals surface area (Å²) in [7, 11) is 0. The van der Waals surface area contributed by atoms with E-state index in [4.69, 9.17) is 0 Å². The second-order valence-corrected chi connectivity index (χ2v) is 37.9. The van der Waals surface area contributed by atoms with Crippen molar-refractivity contribution in [2.24, 2.45) is 0 Å². The van der Waals surface area contributed by atoms with E-state index in [1.807, 2.05) is 279 Å². The van der Waals surface area contributed by atoms with Crippen LogP contribution in [0.4, 0.5) is 0 Å². The van der Waals surface area contributed by atoms with E-state index in [-0.39, 0.29) is 43.4 Å². The van der Waals surface area contributed by atoms with Crippen LogP contribution in [0, 0.1) is 6.92 Å². The minimum absolute atomic E-state index is 0.00920. The van der Waals surface area contributed by atoms with Gasteiger partial charge in [-0.3, -0.25) is 38.4 Å². The zero-order chi connectivity index (χ0) is 96.7. The monoisotopic (exact) mass is 1860 g/mol. The van der Waals surface area contributed by atoms with Gasteiger partial charge in [0, 0.05) is 119 Å². The highest BCUT2D eigenvalue weighted by Gasteiger charge is 2.31. The average Bonchev–Trinajstić information content (AvgIpc) is 1.69. The summed E-state index contributed by atoms with van der Waals surface area (Å²) in [5, 5.41) is 15.9. The zero-order valence-electron chi connectivity index (χ0n) is 77.5. The molecule has 145 heavy (non-hydrogen) atoms. The van der Waals surface area contributed by atoms with Gasteiger partial charge in [0.05, 0.1) is 115 Å². The van der Waals surface area contributed by atoms with Gasteiger partial charge in [-0.05, 0) is 240 Å². The maximum absolute atomic E-state index is 14.3. The van der Waals surface area contributed by atoms with Gasteiger partial charge in [-0.1, -0.05) is 237 Å². The summed E-state index contributed by atoms with van der Waals surface area (Å²) >= 11 is 0. The SMILES string of the molecule is Cc1cccc(-n2c3ccccc3c3c4c(=O)c5cccc6c(=O)c7ccccc7n(c4ccc32)c65)c1.O=c1c2ccccc2n2c3cc4c(cc3c(=O)c3cccc1c32)c1c(-c2ccccc2)cccc1n4-c1ccccc1.O=c1c2ccccc2n2c3ccccc3c(=O)c3c4c(cc1c32)-c1ccccc1C4.O=c1c2ccccc2n2c3ccccc3c(=O)c3c4c5ccccc5n(-c5ccccc5)c4cc1c32. The summed E-state index contributed by atoms with van der Waals surface area (Å²) in [5.74, 6) is 0. The molecule has 0 radical (unpaired) electrons. The van der Waals surface area contributed by atoms with E-state index in [0.717, 1.165) is 160 Å². The first kappa shape index (κ1) is 82.4. The van der Waals surface area contributed by atoms with Crippen molar-refractivity contribution in [1.82, 2.24) is 31.3 Å². The van der Waals surface area contributed by atoms with Gasteiger partial charge in [-0.15, -0.1) is 0 Å². The molecular formula is C130H75N7O8. The topological polar surface area (TPSA) is 169 Å². The summed E-state index contributed by atoms with van der Waals surface area (Å²) in [6, 6.07) is 140. The number of nitrogens with zero attached hydrogens (tertiary/aromatic N) is 7. The molecule has 11 heterocycles. The van der Waals surface area contributed by atoms with E-state index < -0.39 is 0 Å². The third-order valence-electron chi connectivity index (χ3n) is 30.3. The van der Waals surface area contributed by atoms with Gasteiger partial charge in [-0.2, -0.15) is 0 Å². The first-order valence-electron chi connectivity index (χ1n) is 48.5. The van der Waals surface area contributed by atoms with Gasteiger partial charge in [0.2, 0.25) is 0 Å². The fraction of sp³-hybridized carbons (Fsp3) is 0.0154. The van der Waals surface area contributed by atoms with E-state index >= 15 is 0 Å². The molecular weight excluding hydrogens is 1790 g/mol. The summed E-state index contributed by atoms with van der Waals surface area (Å²) in [6.07, 6.45) is 0.714. The average molecular weight is 1860 g/mol. The first-order chi connectivity index (χ1) is 71.3. The summed E-state index contributed by atoms with van der Waals surface area (Å²) in [6.45, 7) is 2.09. The molecule has 678 valence electrons. The second kappa shape index (κ2) is 31.2. The predicted octanol–water partition coefficient (Wildman–Crippen LogP) is 27.1. The number of hydrogen-bond donors (Lipinski definition) is 0. The molecule has 0 N–H and O–H groups in total. The van der Waals surface area contributed by atoms with Crippen molar-refractivity contribution >= 4 is 218 Å². The number of aryl methyl sites for hydroxylation is 1. The second-order valence-electron chi connectivity index (χ2n) is 37.9. The summed E-state index contributed by atoms with van der Waals surface area (Å²) < 4.78 is 15.1. The molecule has 32 rings (SSSR count). The highest BCUT2D eigenvalue weighted by atomic mass is 16.1. The molecule has 11 aromatic heterocycles. The third kappa shape index (κ3) is 11.6. The third-order valence-corrected chi connectivity index (χ3v) is 30.3. The molecule has 0 saturated carbocycles. The van der Waals surface area contributed by atoms with Crippen molar-refractivity contribution in [2.75, 3.05) is 0 Å². The van der Waals surface area contributed by atoms with E-state index in [2.05, 4.69) is 184 Å². The normalized spacial score (nSPS) is 12.2. The van der Waals surface area contributed by atoms with Crippen LogP contribution in [0.1, 0.15) is 16.7 Å². The molecule has 15 heteroatoms. The van der Waals surface area contributed by atoms with Crippen LogP contribution in [-0.4, -0.2) is 31.3 Å². The Kier molecular flexibility index (Phi) is 17.7. The van der Waals surface area contributed by atoms with Crippen LogP contribution in [0.3, 0.4) is 0 Å². The Morgan fingerprint density at radius 1 is 0.172 bits per heavy atom. The smallest absolute Gasteiger partial charge is 0.197 e. The molecule has 1 aliphatic carbocycles. The Balaban J connectivity index is 0.0000000923. The summed E-state index contributed by atoms with van der Waals surface area (Å²) in [4.78, 5) is 111. The Morgan fingerprint density at radius 3 is 1.05 bits per heavy atom. The maximum Gasteiger partial charge on any atom is 0.197 e. The van der Waals surface area contributed by atoms with Gasteiger partial charge in [0.15, 0.2) is 43.4 Å². The largest absolute Gasteiger partial charge is 0.309 e. The van der Waals surface area contributed by atoms with Crippen molar-refractivity contribution in [3.63, 3.8) is 0 Å². The Morgan fingerprint density at radius 2 is 0.517 bits per heavy atom. The molecule has 0 unspecified atom stereocenters. The Bertz CT molecular complexity index is 11700. The van der Waals surface area contributed by atoms with Crippen LogP contribution in [0.5, 0.6) is 0 Å². The number of para-hydroxylation sites is 12. The standard InChI is InChI=1S/C38H22N2O2.C33H20N2O2.C32H18N2O2.C27H15NO2/c41-37-26-15-7-8-19-31(26)40-34-22-33-29(21-30(34)38(42)28-18-9-17-27(37)36(28)40)35-25(23-11-3-1-4-12-23)16-10-20-32(35)39(33)24-13-5-2-6-14-24;1-19-8-6-9-20(18-19)34-25-14-4-2-10-21(25)29-27(34)16-17-28-30(29)33(37)24-13-7-12-23-31(24)35(28)26-15-5-3-11-22(26)32(23)36;35-31-21-13-5-8-16-25(21)34-26-17-9-6-14-22(26)32(36)29-28-20-12-4-7-15-24(20)33(19-10-2-1-3-11-19)27(28)18-23(31)30(29)34;29-26-17-9-3-5-11-22(17)28-23-12-6-4-10-18(23)27(30)24-20-13-15-7-1-2-8-16(15)19(20)14-21(26)25(24)28/h1-22H;2-18H,1H3;1-18H;1-12,14H,13H2. The number of pyridine rings is 8. The minimum atomic E-state index is -0.0648. The fourth-order valence-electron chi connectivity index (χ4n) is 24.3. The van der Waals surface area contributed by atoms with Crippen LogP contribution in [0.15, 0.2) is 463 Å². The summed E-state index contributed by atoms with van der Waals surface area (Å²) in [5.41, 5.74) is 25.8. The van der Waals surface area contributed by atoms with Crippen LogP contribution in [0.2, 0.25) is 0 Å². The molecule has 0 spiro atoms. The van der Waals surface area contributed by atoms with Crippen LogP contribution in [0.25, 0.3) is 257 Å². The maximum atomic E-state index is 14.3. The zero-order valence-corrected chi connectivity index (χ0v) is 77.5. The Hall–Kier alpha value is -19.6. The van der Waals surface area contributed by atoms with Gasteiger partial charge >= 0.3 is 0 Å². The van der Waals surface area contributed by atoms with Crippen LogP contribution in [-0.2, 0) is 6.42 Å². The van der Waals surface area contributed by atoms with E-state index in [1.165, 1.54) is 11.1 Å². The van der Waals surface area contributed by atoms with Gasteiger partial charge in [0.25, 0.3) is 0 Å². The Labute approximate surface area is 819 Å². The number of rotatable bonds is 4. The lowest BCUT2D eigenvalue weighted by Gasteiger charge is -2.16. The highest BCUT2D eigenvalue weighted by molar-refractivity contribution is 6.29. The van der Waals surface area contributed by atoms with E-state index in [1.54, 1.807) is 0 Å². The van der Waals surface area contributed by atoms with E-state index in [9.17, 15) is 38.4 Å². The lowest BCUT2D eigenvalue weighted by atomic mass is 9.95. The molecule has 0 aliphatic heterocycles. The number of fused-ring (bicyclic) bond motifs is 31. The number of aromatic nitrogens is 7. The quantitative estimate of drug-likeness (QED) is 0.124. The van der Waals surface area contributed by atoms with Gasteiger partial charge < -0.3 is 31.3 Å². The van der Waals surface area contributed by atoms with Crippen molar-refractivity contribution in [2.45, 2.75) is 13.3 Å². The fourth-order valence-corrected chi connectivity index (χ4v) is 24.3. The lowest BCUT2D eigenvalue weighted by Crippen LogP contribution is -2.15.